The van der Waals surface area contributed by atoms with Crippen LogP contribution in [0.3, 0.4) is 0 Å². The number of hydrogen-bond acceptors (Lipinski definition) is 1. The van der Waals surface area contributed by atoms with E-state index in [0.717, 1.165) is 0 Å². The van der Waals surface area contributed by atoms with Gasteiger partial charge in [-0.15, -0.1) is 11.8 Å². The minimum absolute atomic E-state index is 0.636. The minimum atomic E-state index is 0.636. The first-order valence-corrected chi connectivity index (χ1v) is 4.69. The predicted octanol–water partition coefficient (Wildman–Crippen LogP) is 2.86. The number of nitrogens with one attached hydrogen (secondary N) is 1. The van der Waals surface area contributed by atoms with E-state index in [1.54, 1.807) is 11.8 Å². The zero-order valence-corrected chi connectivity index (χ0v) is 7.46. The van der Waals surface area contributed by atoms with Crippen LogP contribution in [-0.2, 0) is 0 Å². The molecule has 2 heteroatoms. The van der Waals surface area contributed by atoms with Gasteiger partial charge in [0.05, 0.1) is 5.03 Å². The molecule has 0 bridgehead atoms. The number of aromatic nitrogens is 1. The SMILES string of the molecule is CSc1cc(C(C)C)c[nH]1. The summed E-state index contributed by atoms with van der Waals surface area (Å²) in [5.41, 5.74) is 1.39. The summed E-state index contributed by atoms with van der Waals surface area (Å²) in [5, 5.41) is 1.25. The molecule has 0 aliphatic carbocycles. The summed E-state index contributed by atoms with van der Waals surface area (Å²) in [5.74, 6) is 0.636. The minimum Gasteiger partial charge on any atom is -0.356 e. The van der Waals surface area contributed by atoms with Crippen molar-refractivity contribution in [2.75, 3.05) is 6.26 Å². The lowest BCUT2D eigenvalue weighted by molar-refractivity contribution is 0.868. The molecule has 0 aliphatic heterocycles. The van der Waals surface area contributed by atoms with Gasteiger partial charge in [0.15, 0.2) is 0 Å². The molecule has 0 aliphatic rings. The third kappa shape index (κ3) is 1.57. The maximum atomic E-state index is 3.20. The van der Waals surface area contributed by atoms with E-state index >= 15 is 0 Å². The third-order valence-electron chi connectivity index (χ3n) is 1.57. The standard InChI is InChI=1S/C8H13NS/c1-6(2)7-4-8(10-3)9-5-7/h4-6,9H,1-3H3. The van der Waals surface area contributed by atoms with Crippen LogP contribution < -0.4 is 0 Å². The lowest BCUT2D eigenvalue weighted by Gasteiger charge is -1.96. The molecular weight excluding hydrogens is 142 g/mol. The molecule has 0 amide bonds. The van der Waals surface area contributed by atoms with Gasteiger partial charge in [-0.2, -0.15) is 0 Å². The topological polar surface area (TPSA) is 15.8 Å². The Bertz CT molecular complexity index is 203. The van der Waals surface area contributed by atoms with Gasteiger partial charge >= 0.3 is 0 Å². The molecule has 0 unspecified atom stereocenters. The molecule has 0 saturated heterocycles. The van der Waals surface area contributed by atoms with Gasteiger partial charge in [-0.1, -0.05) is 13.8 Å². The summed E-state index contributed by atoms with van der Waals surface area (Å²) in [7, 11) is 0. The Morgan fingerprint density at radius 3 is 2.50 bits per heavy atom. The first kappa shape index (κ1) is 7.73. The van der Waals surface area contributed by atoms with Gasteiger partial charge in [0.1, 0.15) is 0 Å². The molecule has 10 heavy (non-hydrogen) atoms. The largest absolute Gasteiger partial charge is 0.356 e. The van der Waals surface area contributed by atoms with Crippen LogP contribution in [-0.4, -0.2) is 11.2 Å². The molecule has 0 fully saturated rings. The lowest BCUT2D eigenvalue weighted by atomic mass is 10.1. The number of aromatic amines is 1. The average molecular weight is 155 g/mol. The third-order valence-corrected chi connectivity index (χ3v) is 2.24. The number of H-pyrrole nitrogens is 1. The van der Waals surface area contributed by atoms with Crippen molar-refractivity contribution in [2.45, 2.75) is 24.8 Å². The van der Waals surface area contributed by atoms with Crippen molar-refractivity contribution in [1.82, 2.24) is 4.98 Å². The molecule has 0 atom stereocenters. The second-order valence-electron chi connectivity index (χ2n) is 2.66. The fraction of sp³-hybridized carbons (Fsp3) is 0.500. The Kier molecular flexibility index (Phi) is 2.44. The molecular formula is C8H13NS. The Hall–Kier alpha value is -0.370. The van der Waals surface area contributed by atoms with Crippen LogP contribution in [0.2, 0.25) is 0 Å². The summed E-state index contributed by atoms with van der Waals surface area (Å²) >= 11 is 1.75. The zero-order chi connectivity index (χ0) is 7.56. The fourth-order valence-electron chi connectivity index (χ4n) is 0.840. The van der Waals surface area contributed by atoms with E-state index in [0.29, 0.717) is 5.92 Å². The maximum absolute atomic E-state index is 3.20. The monoisotopic (exact) mass is 155 g/mol. The average Bonchev–Trinajstić information content (AvgIpc) is 2.34. The first-order valence-electron chi connectivity index (χ1n) is 3.46. The number of thioether (sulfide) groups is 1. The zero-order valence-electron chi connectivity index (χ0n) is 6.64. The van der Waals surface area contributed by atoms with Gasteiger partial charge in [-0.05, 0) is 23.8 Å². The summed E-state index contributed by atoms with van der Waals surface area (Å²) in [6, 6.07) is 2.20. The van der Waals surface area contributed by atoms with E-state index in [1.165, 1.54) is 10.6 Å². The van der Waals surface area contributed by atoms with E-state index in [1.807, 2.05) is 0 Å². The molecule has 0 saturated carbocycles. The summed E-state index contributed by atoms with van der Waals surface area (Å²) in [6.45, 7) is 4.40. The normalized spacial score (nSPS) is 10.8. The van der Waals surface area contributed by atoms with Gasteiger partial charge in [0, 0.05) is 6.20 Å². The van der Waals surface area contributed by atoms with Crippen molar-refractivity contribution in [2.24, 2.45) is 0 Å². The smallest absolute Gasteiger partial charge is 0.0721 e. The molecule has 0 spiro atoms. The van der Waals surface area contributed by atoms with E-state index in [4.69, 9.17) is 0 Å². The van der Waals surface area contributed by atoms with Gasteiger partial charge < -0.3 is 4.98 Å². The number of hydrogen-bond donors (Lipinski definition) is 1. The second kappa shape index (κ2) is 3.15. The number of rotatable bonds is 2. The van der Waals surface area contributed by atoms with Crippen LogP contribution in [0.15, 0.2) is 17.3 Å². The molecule has 1 heterocycles. The molecule has 1 nitrogen and oxygen atoms in total. The van der Waals surface area contributed by atoms with Crippen molar-refractivity contribution in [3.63, 3.8) is 0 Å². The van der Waals surface area contributed by atoms with Crippen molar-refractivity contribution < 1.29 is 0 Å². The van der Waals surface area contributed by atoms with Crippen LogP contribution >= 0.6 is 11.8 Å². The Morgan fingerprint density at radius 2 is 2.20 bits per heavy atom. The molecule has 1 rings (SSSR count). The molecule has 1 aromatic heterocycles. The molecule has 56 valence electrons. The van der Waals surface area contributed by atoms with Crippen molar-refractivity contribution in [3.05, 3.63) is 17.8 Å². The Morgan fingerprint density at radius 1 is 1.50 bits per heavy atom. The predicted molar refractivity (Wildman–Crippen MR) is 46.7 cm³/mol. The van der Waals surface area contributed by atoms with Gasteiger partial charge in [-0.3, -0.25) is 0 Å². The highest BCUT2D eigenvalue weighted by Crippen LogP contribution is 2.19. The van der Waals surface area contributed by atoms with Crippen molar-refractivity contribution in [3.8, 4) is 0 Å². The highest BCUT2D eigenvalue weighted by atomic mass is 32.2. The van der Waals surface area contributed by atoms with Gasteiger partial charge in [0.25, 0.3) is 0 Å². The van der Waals surface area contributed by atoms with Crippen LogP contribution in [0.4, 0.5) is 0 Å². The Labute approximate surface area is 66.2 Å². The molecule has 1 aromatic rings. The van der Waals surface area contributed by atoms with Gasteiger partial charge in [-0.25, -0.2) is 0 Å². The first-order chi connectivity index (χ1) is 4.74. The quantitative estimate of drug-likeness (QED) is 0.649. The van der Waals surface area contributed by atoms with Crippen molar-refractivity contribution >= 4 is 11.8 Å². The lowest BCUT2D eigenvalue weighted by Crippen LogP contribution is -1.80. The van der Waals surface area contributed by atoms with E-state index in [-0.39, 0.29) is 0 Å². The summed E-state index contributed by atoms with van der Waals surface area (Å²) in [4.78, 5) is 3.20. The van der Waals surface area contributed by atoms with E-state index in [2.05, 4.69) is 37.4 Å². The van der Waals surface area contributed by atoms with E-state index < -0.39 is 0 Å². The van der Waals surface area contributed by atoms with Gasteiger partial charge in [0.2, 0.25) is 0 Å². The molecule has 1 N–H and O–H groups in total. The van der Waals surface area contributed by atoms with Crippen molar-refractivity contribution in [1.29, 1.82) is 0 Å². The van der Waals surface area contributed by atoms with Crippen LogP contribution in [0, 0.1) is 0 Å². The Balaban J connectivity index is 2.78. The molecule has 0 aromatic carbocycles. The molecule has 0 radical (unpaired) electrons. The summed E-state index contributed by atoms with van der Waals surface area (Å²) < 4.78 is 0. The van der Waals surface area contributed by atoms with Crippen LogP contribution in [0.5, 0.6) is 0 Å². The fourth-order valence-corrected chi connectivity index (χ4v) is 1.27. The van der Waals surface area contributed by atoms with Crippen LogP contribution in [0.25, 0.3) is 0 Å². The highest BCUT2D eigenvalue weighted by molar-refractivity contribution is 7.98. The maximum Gasteiger partial charge on any atom is 0.0721 e. The highest BCUT2D eigenvalue weighted by Gasteiger charge is 2.00. The summed E-state index contributed by atoms with van der Waals surface area (Å²) in [6.07, 6.45) is 4.16. The van der Waals surface area contributed by atoms with Crippen LogP contribution in [0.1, 0.15) is 25.3 Å². The second-order valence-corrected chi connectivity index (χ2v) is 3.50. The van der Waals surface area contributed by atoms with E-state index in [9.17, 15) is 0 Å².